The highest BCUT2D eigenvalue weighted by atomic mass is 35.5. The van der Waals surface area contributed by atoms with Crippen LogP contribution in [0.15, 0.2) is 103 Å². The van der Waals surface area contributed by atoms with Gasteiger partial charge in [-0.05, 0) is 120 Å². The van der Waals surface area contributed by atoms with Gasteiger partial charge >= 0.3 is 17.9 Å². The summed E-state index contributed by atoms with van der Waals surface area (Å²) in [5, 5.41) is -0.476. The Kier molecular flexibility index (Phi) is 29.3. The summed E-state index contributed by atoms with van der Waals surface area (Å²) in [5.41, 5.74) is 2.40. The first kappa shape index (κ1) is 72.3. The van der Waals surface area contributed by atoms with E-state index < -0.39 is 94.5 Å². The highest BCUT2D eigenvalue weighted by molar-refractivity contribution is 6.66. The minimum Gasteiger partial charge on any atom is -0.497 e. The minimum absolute atomic E-state index is 0. The van der Waals surface area contributed by atoms with E-state index in [1.54, 1.807) is 32.2 Å². The first-order valence-corrected chi connectivity index (χ1v) is 21.7. The Balaban J connectivity index is -0.00000208. The fourth-order valence-electron chi connectivity index (χ4n) is 9.84. The van der Waals surface area contributed by atoms with Gasteiger partial charge in [0.25, 0.3) is 0 Å². The summed E-state index contributed by atoms with van der Waals surface area (Å²) in [7, 11) is 1.60. The zero-order valence-corrected chi connectivity index (χ0v) is 37.6. The second kappa shape index (κ2) is 30.4. The van der Waals surface area contributed by atoms with Gasteiger partial charge in [0.2, 0.25) is 28.9 Å². The number of anilines is 2. The molecule has 75 heavy (non-hydrogen) atoms. The van der Waals surface area contributed by atoms with E-state index in [9.17, 15) is 38.4 Å². The van der Waals surface area contributed by atoms with Crippen LogP contribution in [0, 0.1) is 35.5 Å². The highest BCUT2D eigenvalue weighted by Crippen LogP contribution is 2.62. The molecule has 8 rings (SSSR count). The number of allylic oxidation sites excluding steroid dienone is 1. The number of nitrogens with zero attached hydrogens (tertiary/aromatic N) is 2. The number of fused-ring (bicyclic) bond motifs is 5. The van der Waals surface area contributed by atoms with Crippen LogP contribution in [0.4, 0.5) is 11.4 Å². The third kappa shape index (κ3) is 14.9. The highest BCUT2D eigenvalue weighted by Gasteiger charge is 2.72. The molecule has 16 heteroatoms. The standard InChI is InChI=1S/C40H38N2O11.C10H9ClO2.9CH4/c1-6-29(23-7-13-26(14-8-23)50-20(3)43)31-32(30-19(2)37(46)41(38(30)47)24-9-15-27(16-10-24)51-21(4)44)36-34-33(35(31)53-36)39(48)42(40(34)49)25-11-17-28(18-12-25)52-22(5)45;1-13-9-5-2-8(3-6-9)4-7-10(11)12;;;;;;;;;/h7-19,29-36H,6H2,1-5H3;2-7H,1H3;9*1H4/b;7-4+;;;;;;;;;. The molecule has 4 saturated heterocycles. The van der Waals surface area contributed by atoms with Crippen molar-refractivity contribution < 1.29 is 62.0 Å². The maximum absolute atomic E-state index is 14.5. The van der Waals surface area contributed by atoms with Gasteiger partial charge in [0.15, 0.2) is 0 Å². The Labute approximate surface area is 451 Å². The Morgan fingerprint density at radius 2 is 0.933 bits per heavy atom. The van der Waals surface area contributed by atoms with E-state index in [1.807, 2.05) is 43.3 Å². The summed E-state index contributed by atoms with van der Waals surface area (Å²) < 4.78 is 27.1. The van der Waals surface area contributed by atoms with Crippen molar-refractivity contribution in [1.29, 1.82) is 0 Å². The van der Waals surface area contributed by atoms with Crippen molar-refractivity contribution in [1.82, 2.24) is 0 Å². The molecule has 0 aromatic heterocycles. The molecule has 2 bridgehead atoms. The lowest BCUT2D eigenvalue weighted by atomic mass is 9.58. The predicted molar refractivity (Wildman–Crippen MR) is 300 cm³/mol. The molecule has 4 fully saturated rings. The Hall–Kier alpha value is -6.97. The lowest BCUT2D eigenvalue weighted by molar-refractivity contribution is -0.132. The van der Waals surface area contributed by atoms with Gasteiger partial charge in [-0.15, -0.1) is 0 Å². The zero-order valence-electron chi connectivity index (χ0n) is 36.9. The van der Waals surface area contributed by atoms with Gasteiger partial charge in [-0.1, -0.05) is 111 Å². The van der Waals surface area contributed by atoms with Gasteiger partial charge in [-0.2, -0.15) is 0 Å². The van der Waals surface area contributed by atoms with Gasteiger partial charge in [0.05, 0.1) is 48.4 Å². The molecule has 4 amide bonds. The van der Waals surface area contributed by atoms with Crippen molar-refractivity contribution in [3.8, 4) is 23.0 Å². The van der Waals surface area contributed by atoms with Gasteiger partial charge in [0.1, 0.15) is 23.0 Å². The maximum Gasteiger partial charge on any atom is 0.308 e. The first-order chi connectivity index (χ1) is 31.5. The maximum atomic E-state index is 14.5. The summed E-state index contributed by atoms with van der Waals surface area (Å²) >= 11 is 5.14. The van der Waals surface area contributed by atoms with E-state index >= 15 is 0 Å². The summed E-state index contributed by atoms with van der Waals surface area (Å²) in [5.74, 6) is -6.29. The van der Waals surface area contributed by atoms with Crippen LogP contribution in [-0.2, 0) is 43.1 Å². The monoisotopic (exact) mass is 1060 g/mol. The number of hydrogen-bond donors (Lipinski definition) is 0. The second-order valence-electron chi connectivity index (χ2n) is 16.4. The zero-order chi connectivity index (χ0) is 47.6. The number of carbonyl (C=O) groups is 8. The molecule has 0 spiro atoms. The molecule has 9 atom stereocenters. The third-order valence-electron chi connectivity index (χ3n) is 12.4. The average molecular weight is 1060 g/mol. The molecule has 0 saturated carbocycles. The lowest BCUT2D eigenvalue weighted by Crippen LogP contribution is -2.48. The van der Waals surface area contributed by atoms with Crippen LogP contribution in [0.25, 0.3) is 6.08 Å². The average Bonchev–Trinajstić information content (AvgIpc) is 3.98. The third-order valence-corrected chi connectivity index (χ3v) is 12.5. The van der Waals surface area contributed by atoms with Crippen LogP contribution in [0.1, 0.15) is 125 Å². The molecule has 9 unspecified atom stereocenters. The number of ether oxygens (including phenoxy) is 5. The summed E-state index contributed by atoms with van der Waals surface area (Å²) in [6.45, 7) is 7.55. The SMILES string of the molecule is C.C.C.C.C.C.C.C.C.CCC(c1ccc(OC(C)=O)cc1)C1C2OC(C3C(=O)N(c4ccc(OC(C)=O)cc4)C(=O)C23)C1C1C(=O)N(c2ccc(OC(C)=O)cc2)C(=O)C1C.COc1ccc(/C=C/C(=O)Cl)cc1. The molecule has 0 N–H and O–H groups in total. The van der Waals surface area contributed by atoms with Crippen LogP contribution < -0.4 is 28.7 Å². The molecule has 4 aromatic carbocycles. The van der Waals surface area contributed by atoms with E-state index in [4.69, 9.17) is 35.3 Å². The predicted octanol–water partition coefficient (Wildman–Crippen LogP) is 12.8. The van der Waals surface area contributed by atoms with E-state index in [0.29, 0.717) is 23.5 Å². The Bertz CT molecular complexity index is 2580. The molecule has 0 aliphatic carbocycles. The van der Waals surface area contributed by atoms with E-state index in [1.165, 1.54) is 75.4 Å². The first-order valence-electron chi connectivity index (χ1n) is 21.3. The summed E-state index contributed by atoms with van der Waals surface area (Å²) in [6.07, 6.45) is 1.94. The van der Waals surface area contributed by atoms with Crippen molar-refractivity contribution in [3.63, 3.8) is 0 Å². The molecular formula is C59H83ClN2O13. The quantitative estimate of drug-likeness (QED) is 0.0429. The van der Waals surface area contributed by atoms with Crippen molar-refractivity contribution in [2.75, 3.05) is 16.9 Å². The van der Waals surface area contributed by atoms with Gasteiger partial charge in [-0.3, -0.25) is 43.3 Å². The van der Waals surface area contributed by atoms with E-state index in [0.717, 1.165) is 26.7 Å². The van der Waals surface area contributed by atoms with Crippen molar-refractivity contribution in [2.24, 2.45) is 35.5 Å². The number of amides is 4. The summed E-state index contributed by atoms with van der Waals surface area (Å²) in [4.78, 5) is 104. The smallest absolute Gasteiger partial charge is 0.308 e. The van der Waals surface area contributed by atoms with Crippen molar-refractivity contribution in [3.05, 3.63) is 114 Å². The van der Waals surface area contributed by atoms with Crippen LogP contribution in [0.5, 0.6) is 23.0 Å². The number of halogens is 1. The number of carbonyl (C=O) groups excluding carboxylic acids is 8. The molecule has 4 heterocycles. The van der Waals surface area contributed by atoms with Crippen LogP contribution in [0.3, 0.4) is 0 Å². The normalized spacial score (nSPS) is 21.5. The largest absolute Gasteiger partial charge is 0.497 e. The van der Waals surface area contributed by atoms with Gasteiger partial charge in [0, 0.05) is 32.6 Å². The molecule has 4 aliphatic rings. The molecule has 4 aliphatic heterocycles. The topological polar surface area (TPSA) is 189 Å². The van der Waals surface area contributed by atoms with Gasteiger partial charge in [-0.25, -0.2) is 4.90 Å². The fourth-order valence-corrected chi connectivity index (χ4v) is 9.91. The number of rotatable bonds is 12. The van der Waals surface area contributed by atoms with Crippen molar-refractivity contribution in [2.45, 2.75) is 126 Å². The number of benzene rings is 4. The van der Waals surface area contributed by atoms with Crippen LogP contribution in [0.2, 0.25) is 0 Å². The molecule has 15 nitrogen and oxygen atoms in total. The van der Waals surface area contributed by atoms with E-state index in [2.05, 4.69) is 0 Å². The number of hydrogen-bond acceptors (Lipinski definition) is 13. The van der Waals surface area contributed by atoms with Crippen LogP contribution >= 0.6 is 11.6 Å². The number of esters is 3. The Morgan fingerprint density at radius 1 is 0.560 bits per heavy atom. The van der Waals surface area contributed by atoms with E-state index in [-0.39, 0.29) is 84.3 Å². The number of imide groups is 2. The van der Waals surface area contributed by atoms with Gasteiger partial charge < -0.3 is 23.7 Å². The fraction of sp³-hybridized carbons (Fsp3) is 0.424. The van der Waals surface area contributed by atoms with Crippen LogP contribution in [-0.4, -0.2) is 66.1 Å². The second-order valence-corrected chi connectivity index (χ2v) is 16.7. The summed E-state index contributed by atoms with van der Waals surface area (Å²) in [6, 6.07) is 26.6. The molecule has 414 valence electrons. The lowest BCUT2D eigenvalue weighted by Gasteiger charge is -2.40. The minimum atomic E-state index is -0.891. The number of methoxy groups -OCH3 is 1. The Morgan fingerprint density at radius 3 is 1.32 bits per heavy atom. The molecular weight excluding hydrogens is 980 g/mol. The van der Waals surface area contributed by atoms with Crippen molar-refractivity contribution >= 4 is 75.8 Å². The molecule has 4 aromatic rings. The molecule has 0 radical (unpaired) electrons.